The van der Waals surface area contributed by atoms with Crippen LogP contribution in [0.5, 0.6) is 5.75 Å². The Morgan fingerprint density at radius 1 is 1.27 bits per heavy atom. The summed E-state index contributed by atoms with van der Waals surface area (Å²) in [6.45, 7) is 1.58. The van der Waals surface area contributed by atoms with Gasteiger partial charge in [0.25, 0.3) is 5.91 Å². The van der Waals surface area contributed by atoms with Crippen LogP contribution in [-0.4, -0.2) is 32.9 Å². The zero-order valence-electron chi connectivity index (χ0n) is 14.1. The van der Waals surface area contributed by atoms with E-state index in [1.54, 1.807) is 26.1 Å². The van der Waals surface area contributed by atoms with Gasteiger partial charge in [-0.25, -0.2) is 17.9 Å². The maximum absolute atomic E-state index is 13.1. The number of primary sulfonamides is 1. The molecule has 0 spiro atoms. The number of ether oxygens (including phenoxy) is 1. The van der Waals surface area contributed by atoms with Gasteiger partial charge in [0.1, 0.15) is 11.6 Å². The van der Waals surface area contributed by atoms with Crippen LogP contribution in [0.1, 0.15) is 18.5 Å². The van der Waals surface area contributed by atoms with Crippen molar-refractivity contribution >= 4 is 31.9 Å². The van der Waals surface area contributed by atoms with Crippen LogP contribution in [0, 0.1) is 5.82 Å². The summed E-state index contributed by atoms with van der Waals surface area (Å²) in [5.41, 5.74) is 0.746. The van der Waals surface area contributed by atoms with E-state index in [0.29, 0.717) is 10.2 Å². The molecule has 0 aromatic heterocycles. The summed E-state index contributed by atoms with van der Waals surface area (Å²) in [6.07, 6.45) is 0. The molecular weight excluding hydrogens is 427 g/mol. The number of sulfonamides is 1. The van der Waals surface area contributed by atoms with Crippen LogP contribution in [0.3, 0.4) is 0 Å². The van der Waals surface area contributed by atoms with Crippen molar-refractivity contribution in [1.82, 2.24) is 4.90 Å². The van der Waals surface area contributed by atoms with Crippen molar-refractivity contribution in [2.24, 2.45) is 5.14 Å². The summed E-state index contributed by atoms with van der Waals surface area (Å²) in [4.78, 5) is 13.8. The Kier molecular flexibility index (Phi) is 6.38. The molecule has 0 saturated heterocycles. The third-order valence-corrected chi connectivity index (χ3v) is 5.46. The fraction of sp³-hybridized carbons (Fsp3) is 0.235. The maximum Gasteiger partial charge on any atom is 0.260 e. The zero-order chi connectivity index (χ0) is 19.5. The highest BCUT2D eigenvalue weighted by molar-refractivity contribution is 9.10. The largest absolute Gasteiger partial charge is 0.483 e. The SMILES string of the molecule is C[C@@H](c1ccc(S(N)(=O)=O)cc1)N(C)C(=O)COc1ccc(F)cc1Br. The second kappa shape index (κ2) is 8.15. The van der Waals surface area contributed by atoms with E-state index < -0.39 is 15.8 Å². The third-order valence-electron chi connectivity index (χ3n) is 3.91. The van der Waals surface area contributed by atoms with Gasteiger partial charge in [-0.05, 0) is 58.7 Å². The number of nitrogens with two attached hydrogens (primary N) is 1. The molecule has 9 heteroatoms. The Morgan fingerprint density at radius 3 is 2.42 bits per heavy atom. The van der Waals surface area contributed by atoms with E-state index in [-0.39, 0.29) is 23.5 Å². The summed E-state index contributed by atoms with van der Waals surface area (Å²) in [5.74, 6) is -0.341. The van der Waals surface area contributed by atoms with E-state index in [9.17, 15) is 17.6 Å². The van der Waals surface area contributed by atoms with Crippen molar-refractivity contribution in [2.75, 3.05) is 13.7 Å². The molecule has 0 saturated carbocycles. The molecule has 0 aliphatic heterocycles. The van der Waals surface area contributed by atoms with Crippen LogP contribution >= 0.6 is 15.9 Å². The Balaban J connectivity index is 2.02. The third kappa shape index (κ3) is 5.03. The summed E-state index contributed by atoms with van der Waals surface area (Å²) >= 11 is 3.17. The molecule has 1 atom stereocenters. The number of halogens is 2. The van der Waals surface area contributed by atoms with E-state index in [1.165, 1.54) is 35.2 Å². The highest BCUT2D eigenvalue weighted by atomic mass is 79.9. The van der Waals surface area contributed by atoms with E-state index in [1.807, 2.05) is 0 Å². The molecule has 2 aromatic rings. The molecular formula is C17H18BrFN2O4S. The van der Waals surface area contributed by atoms with Crippen LogP contribution in [0.15, 0.2) is 51.8 Å². The molecule has 0 fully saturated rings. The topological polar surface area (TPSA) is 89.7 Å². The predicted molar refractivity (Wildman–Crippen MR) is 98.6 cm³/mol. The van der Waals surface area contributed by atoms with Crippen LogP contribution in [0.4, 0.5) is 4.39 Å². The van der Waals surface area contributed by atoms with E-state index in [0.717, 1.165) is 5.56 Å². The molecule has 0 radical (unpaired) electrons. The predicted octanol–water partition coefficient (Wildman–Crippen LogP) is 2.83. The molecule has 2 N–H and O–H groups in total. The van der Waals surface area contributed by atoms with Gasteiger partial charge in [0.15, 0.2) is 6.61 Å². The van der Waals surface area contributed by atoms with E-state index >= 15 is 0 Å². The standard InChI is InChI=1S/C17H18BrFN2O4S/c1-11(12-3-6-14(7-4-12)26(20,23)24)21(2)17(22)10-25-16-8-5-13(19)9-15(16)18/h3-9,11H,10H2,1-2H3,(H2,20,23,24)/t11-/m0/s1. The summed E-state index contributed by atoms with van der Waals surface area (Å²) in [6, 6.07) is 9.61. The van der Waals surface area contributed by atoms with Gasteiger partial charge in [-0.15, -0.1) is 0 Å². The number of hydrogen-bond acceptors (Lipinski definition) is 4. The number of hydrogen-bond donors (Lipinski definition) is 1. The van der Waals surface area contributed by atoms with Gasteiger partial charge < -0.3 is 9.64 Å². The Bertz CT molecular complexity index is 903. The normalized spacial score (nSPS) is 12.5. The maximum atomic E-state index is 13.1. The van der Waals surface area contributed by atoms with Crippen LogP contribution in [-0.2, 0) is 14.8 Å². The lowest BCUT2D eigenvalue weighted by atomic mass is 10.1. The number of likely N-dealkylation sites (N-methyl/N-ethyl adjacent to an activating group) is 1. The molecule has 1 amide bonds. The zero-order valence-corrected chi connectivity index (χ0v) is 16.6. The fourth-order valence-corrected chi connectivity index (χ4v) is 3.19. The highest BCUT2D eigenvalue weighted by Crippen LogP contribution is 2.26. The average molecular weight is 445 g/mol. The first-order chi connectivity index (χ1) is 12.1. The molecule has 6 nitrogen and oxygen atoms in total. The van der Waals surface area contributed by atoms with Crippen molar-refractivity contribution in [3.05, 3.63) is 58.3 Å². The minimum atomic E-state index is -3.76. The number of rotatable bonds is 6. The second-order valence-corrected chi connectivity index (χ2v) is 8.07. The minimum Gasteiger partial charge on any atom is -0.483 e. The number of amides is 1. The molecule has 0 unspecified atom stereocenters. The summed E-state index contributed by atoms with van der Waals surface area (Å²) in [5, 5.41) is 5.07. The lowest BCUT2D eigenvalue weighted by Gasteiger charge is -2.25. The first-order valence-electron chi connectivity index (χ1n) is 7.56. The Labute approximate surface area is 159 Å². The molecule has 26 heavy (non-hydrogen) atoms. The van der Waals surface area contributed by atoms with Crippen molar-refractivity contribution in [1.29, 1.82) is 0 Å². The average Bonchev–Trinajstić information content (AvgIpc) is 2.58. The highest BCUT2D eigenvalue weighted by Gasteiger charge is 2.19. The lowest BCUT2D eigenvalue weighted by molar-refractivity contribution is -0.134. The van der Waals surface area contributed by atoms with Crippen molar-refractivity contribution in [3.63, 3.8) is 0 Å². The minimum absolute atomic E-state index is 0.00641. The quantitative estimate of drug-likeness (QED) is 0.741. The first kappa shape index (κ1) is 20.3. The van der Waals surface area contributed by atoms with Gasteiger partial charge in [0.2, 0.25) is 10.0 Å². The molecule has 2 rings (SSSR count). The van der Waals surface area contributed by atoms with Crippen LogP contribution < -0.4 is 9.88 Å². The van der Waals surface area contributed by atoms with Crippen LogP contribution in [0.2, 0.25) is 0 Å². The Morgan fingerprint density at radius 2 is 1.88 bits per heavy atom. The Hall–Kier alpha value is -1.97. The van der Waals surface area contributed by atoms with Crippen molar-refractivity contribution < 1.29 is 22.3 Å². The van der Waals surface area contributed by atoms with Crippen LogP contribution in [0.25, 0.3) is 0 Å². The van der Waals surface area contributed by atoms with E-state index in [2.05, 4.69) is 15.9 Å². The van der Waals surface area contributed by atoms with E-state index in [4.69, 9.17) is 9.88 Å². The van der Waals surface area contributed by atoms with Crippen molar-refractivity contribution in [2.45, 2.75) is 17.9 Å². The summed E-state index contributed by atoms with van der Waals surface area (Å²) < 4.78 is 41.5. The number of carbonyl (C=O) groups is 1. The summed E-state index contributed by atoms with van der Waals surface area (Å²) in [7, 11) is -2.15. The van der Waals surface area contributed by atoms with Gasteiger partial charge in [0.05, 0.1) is 15.4 Å². The molecule has 140 valence electrons. The monoisotopic (exact) mass is 444 g/mol. The lowest BCUT2D eigenvalue weighted by Crippen LogP contribution is -2.33. The number of carbonyl (C=O) groups excluding carboxylic acids is 1. The molecule has 0 heterocycles. The first-order valence-corrected chi connectivity index (χ1v) is 9.90. The van der Waals surface area contributed by atoms with Crippen molar-refractivity contribution in [3.8, 4) is 5.75 Å². The molecule has 0 aliphatic carbocycles. The molecule has 0 aliphatic rings. The van der Waals surface area contributed by atoms with Gasteiger partial charge in [0, 0.05) is 7.05 Å². The van der Waals surface area contributed by atoms with Gasteiger partial charge in [-0.3, -0.25) is 4.79 Å². The van der Waals surface area contributed by atoms with Gasteiger partial charge in [-0.1, -0.05) is 12.1 Å². The second-order valence-electron chi connectivity index (χ2n) is 5.66. The number of nitrogens with zero attached hydrogens (tertiary/aromatic N) is 1. The smallest absolute Gasteiger partial charge is 0.260 e. The molecule has 2 aromatic carbocycles. The number of benzene rings is 2. The van der Waals surface area contributed by atoms with Gasteiger partial charge in [-0.2, -0.15) is 0 Å². The van der Waals surface area contributed by atoms with Gasteiger partial charge >= 0.3 is 0 Å². The fourth-order valence-electron chi connectivity index (χ4n) is 2.21. The molecule has 0 bridgehead atoms.